The maximum absolute atomic E-state index is 8.63. The number of hydrogen-bond donors (Lipinski definition) is 1. The molecule has 1 aromatic heterocycles. The first kappa shape index (κ1) is 9.91. The number of hydrogen-bond acceptors (Lipinski definition) is 4. The van der Waals surface area contributed by atoms with E-state index in [4.69, 9.17) is 5.26 Å². The topological polar surface area (TPSA) is 23.8 Å². The van der Waals surface area contributed by atoms with Gasteiger partial charge in [0.2, 0.25) is 0 Å². The van der Waals surface area contributed by atoms with E-state index in [1.165, 1.54) is 21.8 Å². The van der Waals surface area contributed by atoms with E-state index in [0.717, 1.165) is 4.21 Å². The molecule has 0 fully saturated rings. The van der Waals surface area contributed by atoms with Gasteiger partial charge in [0.15, 0.2) is 0 Å². The summed E-state index contributed by atoms with van der Waals surface area (Å²) in [5.74, 6) is 0. The average Bonchev–Trinajstić information content (AvgIpc) is 2.59. The first-order valence-electron chi connectivity index (χ1n) is 4.02. The normalized spacial score (nSPS) is 12.6. The summed E-state index contributed by atoms with van der Waals surface area (Å²) in [6.07, 6.45) is 0. The molecule has 1 heterocycles. The van der Waals surface area contributed by atoms with Crippen molar-refractivity contribution in [2.24, 2.45) is 0 Å². The minimum absolute atomic E-state index is 0.275. The van der Waals surface area contributed by atoms with Gasteiger partial charge in [-0.1, -0.05) is 30.0 Å². The molecule has 0 saturated carbocycles. The van der Waals surface area contributed by atoms with Crippen molar-refractivity contribution in [2.75, 3.05) is 0 Å². The Morgan fingerprint density at radius 2 is 2.21 bits per heavy atom. The molecule has 0 N–H and O–H groups in total. The van der Waals surface area contributed by atoms with Crippen LogP contribution in [0.4, 0.5) is 0 Å². The molecule has 2 aromatic rings. The predicted octanol–water partition coefficient (Wildman–Crippen LogP) is 3.77. The Morgan fingerprint density at radius 1 is 1.43 bits per heavy atom. The number of rotatable bonds is 2. The molecular weight excluding hydrogens is 230 g/mol. The zero-order valence-electron chi connectivity index (χ0n) is 7.18. The summed E-state index contributed by atoms with van der Waals surface area (Å²) >= 11 is 7.33. The maximum atomic E-state index is 8.63. The summed E-state index contributed by atoms with van der Waals surface area (Å²) in [7, 11) is 0. The largest absolute Gasteiger partial charge is 0.196 e. The third kappa shape index (κ3) is 2.06. The number of fused-ring (bicyclic) bond motifs is 1. The van der Waals surface area contributed by atoms with Crippen molar-refractivity contribution in [3.63, 3.8) is 0 Å². The Kier molecular flexibility index (Phi) is 3.02. The van der Waals surface area contributed by atoms with E-state index >= 15 is 0 Å². The van der Waals surface area contributed by atoms with E-state index in [1.807, 2.05) is 12.1 Å². The number of thioether (sulfide) groups is 1. The fraction of sp³-hybridized carbons (Fsp3) is 0.100. The van der Waals surface area contributed by atoms with Crippen LogP contribution < -0.4 is 0 Å². The quantitative estimate of drug-likeness (QED) is 0.488. The Morgan fingerprint density at radius 3 is 2.93 bits per heavy atom. The van der Waals surface area contributed by atoms with Crippen molar-refractivity contribution in [3.8, 4) is 6.07 Å². The van der Waals surface area contributed by atoms with Crippen LogP contribution in [0.15, 0.2) is 34.5 Å². The Balaban J connectivity index is 2.32. The van der Waals surface area contributed by atoms with Gasteiger partial charge in [0.1, 0.15) is 4.58 Å². The highest BCUT2D eigenvalue weighted by Crippen LogP contribution is 2.35. The van der Waals surface area contributed by atoms with E-state index < -0.39 is 0 Å². The number of benzene rings is 1. The second kappa shape index (κ2) is 4.26. The Bertz CT molecular complexity index is 450. The summed E-state index contributed by atoms with van der Waals surface area (Å²) in [5.41, 5.74) is 0. The minimum atomic E-state index is -0.275. The molecule has 1 aromatic carbocycles. The van der Waals surface area contributed by atoms with Gasteiger partial charge in [-0.05, 0) is 17.5 Å². The van der Waals surface area contributed by atoms with Crippen molar-refractivity contribution < 1.29 is 0 Å². The molecule has 0 radical (unpaired) electrons. The summed E-state index contributed by atoms with van der Waals surface area (Å²) in [6, 6.07) is 12.4. The fourth-order valence-electron chi connectivity index (χ4n) is 1.15. The molecule has 0 bridgehead atoms. The minimum Gasteiger partial charge on any atom is -0.196 e. The molecule has 1 unspecified atom stereocenters. The summed E-state index contributed by atoms with van der Waals surface area (Å²) in [5, 5.41) is 9.86. The lowest BCUT2D eigenvalue weighted by atomic mass is 10.3. The van der Waals surface area contributed by atoms with Gasteiger partial charge >= 0.3 is 0 Å². The fourth-order valence-corrected chi connectivity index (χ4v) is 3.72. The van der Waals surface area contributed by atoms with Gasteiger partial charge in [-0.3, -0.25) is 0 Å². The van der Waals surface area contributed by atoms with Crippen LogP contribution in [0.5, 0.6) is 0 Å². The predicted molar refractivity (Wildman–Crippen MR) is 66.1 cm³/mol. The smallest absolute Gasteiger partial charge is 0.140 e. The number of nitriles is 1. The van der Waals surface area contributed by atoms with Crippen LogP contribution in [-0.2, 0) is 0 Å². The van der Waals surface area contributed by atoms with Crippen LogP contribution in [-0.4, -0.2) is 4.58 Å². The van der Waals surface area contributed by atoms with Gasteiger partial charge in [-0.15, -0.1) is 24.0 Å². The Labute approximate surface area is 96.2 Å². The van der Waals surface area contributed by atoms with Crippen LogP contribution in [0.25, 0.3) is 10.1 Å². The van der Waals surface area contributed by atoms with Crippen molar-refractivity contribution in [3.05, 3.63) is 30.3 Å². The monoisotopic (exact) mass is 237 g/mol. The van der Waals surface area contributed by atoms with E-state index in [9.17, 15) is 0 Å². The summed E-state index contributed by atoms with van der Waals surface area (Å²) < 4.78 is 2.13. The lowest BCUT2D eigenvalue weighted by Crippen LogP contribution is -1.81. The van der Waals surface area contributed by atoms with Gasteiger partial charge in [-0.25, -0.2) is 0 Å². The number of nitrogens with zero attached hydrogens (tertiary/aromatic N) is 1. The van der Waals surface area contributed by atoms with Gasteiger partial charge < -0.3 is 0 Å². The van der Waals surface area contributed by atoms with Crippen LogP contribution in [0.2, 0.25) is 0 Å². The highest BCUT2D eigenvalue weighted by molar-refractivity contribution is 8.11. The van der Waals surface area contributed by atoms with E-state index in [0.29, 0.717) is 0 Å². The zero-order valence-corrected chi connectivity index (χ0v) is 9.70. The third-order valence-corrected chi connectivity index (χ3v) is 4.30. The summed E-state index contributed by atoms with van der Waals surface area (Å²) in [6.45, 7) is 0. The highest BCUT2D eigenvalue weighted by atomic mass is 32.2. The molecule has 0 aliphatic rings. The second-order valence-electron chi connectivity index (χ2n) is 2.70. The SMILES string of the molecule is N#CC(S)Sc1cc2ccccc2s1. The third-order valence-electron chi connectivity index (χ3n) is 1.74. The molecule has 1 atom stereocenters. The first-order valence-corrected chi connectivity index (χ1v) is 6.24. The standard InChI is InChI=1S/C10H7NS3/c11-6-9(12)14-10-5-7-3-1-2-4-8(7)13-10/h1-5,9,12H. The zero-order chi connectivity index (χ0) is 9.97. The molecule has 0 amide bonds. The van der Waals surface area contributed by atoms with Crippen molar-refractivity contribution >= 4 is 45.8 Å². The van der Waals surface area contributed by atoms with Crippen LogP contribution in [0.1, 0.15) is 0 Å². The molecular formula is C10H7NS3. The van der Waals surface area contributed by atoms with Crippen molar-refractivity contribution in [1.82, 2.24) is 0 Å². The second-order valence-corrected chi connectivity index (χ2v) is 6.06. The summed E-state index contributed by atoms with van der Waals surface area (Å²) in [4.78, 5) is 0. The lowest BCUT2D eigenvalue weighted by Gasteiger charge is -1.95. The molecule has 0 aliphatic carbocycles. The van der Waals surface area contributed by atoms with Gasteiger partial charge in [0, 0.05) is 4.70 Å². The van der Waals surface area contributed by atoms with Crippen LogP contribution >= 0.6 is 35.7 Å². The van der Waals surface area contributed by atoms with Gasteiger partial charge in [0.25, 0.3) is 0 Å². The van der Waals surface area contributed by atoms with E-state index in [1.54, 1.807) is 11.3 Å². The Hall–Kier alpha value is -0.630. The van der Waals surface area contributed by atoms with E-state index in [-0.39, 0.29) is 4.58 Å². The van der Waals surface area contributed by atoms with Crippen molar-refractivity contribution in [1.29, 1.82) is 5.26 Å². The lowest BCUT2D eigenvalue weighted by molar-refractivity contribution is 1.47. The maximum Gasteiger partial charge on any atom is 0.140 e. The van der Waals surface area contributed by atoms with Crippen molar-refractivity contribution in [2.45, 2.75) is 8.79 Å². The molecule has 70 valence electrons. The molecule has 0 saturated heterocycles. The van der Waals surface area contributed by atoms with Gasteiger partial charge in [-0.2, -0.15) is 5.26 Å². The molecule has 4 heteroatoms. The highest BCUT2D eigenvalue weighted by Gasteiger charge is 2.06. The molecule has 2 rings (SSSR count). The number of thiol groups is 1. The molecule has 0 spiro atoms. The van der Waals surface area contributed by atoms with Crippen LogP contribution in [0.3, 0.4) is 0 Å². The van der Waals surface area contributed by atoms with E-state index in [2.05, 4.69) is 36.9 Å². The van der Waals surface area contributed by atoms with Gasteiger partial charge in [0.05, 0.1) is 10.3 Å². The molecule has 1 nitrogen and oxygen atoms in total. The number of thiophene rings is 1. The average molecular weight is 237 g/mol. The molecule has 0 aliphatic heterocycles. The first-order chi connectivity index (χ1) is 6.79. The molecule has 14 heavy (non-hydrogen) atoms. The van der Waals surface area contributed by atoms with Crippen LogP contribution in [0, 0.1) is 11.3 Å².